The first-order chi connectivity index (χ1) is 18.1. The van der Waals surface area contributed by atoms with E-state index in [0.29, 0.717) is 32.9 Å². The summed E-state index contributed by atoms with van der Waals surface area (Å²) in [6, 6.07) is 14.8. The van der Waals surface area contributed by atoms with Gasteiger partial charge in [0.15, 0.2) is 0 Å². The Bertz CT molecular complexity index is 1040. The quantitative estimate of drug-likeness (QED) is 0.590. The molecular weight excluding hydrogens is 474 g/mol. The molecule has 9 heteroatoms. The van der Waals surface area contributed by atoms with Crippen molar-refractivity contribution in [2.45, 2.75) is 19.9 Å². The van der Waals surface area contributed by atoms with Gasteiger partial charge in [-0.1, -0.05) is 24.3 Å². The summed E-state index contributed by atoms with van der Waals surface area (Å²) in [6.45, 7) is 7.86. The molecule has 1 amide bonds. The summed E-state index contributed by atoms with van der Waals surface area (Å²) in [7, 11) is 0. The molecule has 1 fully saturated rings. The highest BCUT2D eigenvalue weighted by atomic mass is 16.5. The molecule has 2 heterocycles. The van der Waals surface area contributed by atoms with Gasteiger partial charge >= 0.3 is 5.97 Å². The Morgan fingerprint density at radius 2 is 1.73 bits per heavy atom. The van der Waals surface area contributed by atoms with Gasteiger partial charge in [0.25, 0.3) is 0 Å². The number of nitrogens with one attached hydrogen (secondary N) is 1. The molecule has 200 valence electrons. The zero-order valence-corrected chi connectivity index (χ0v) is 21.6. The predicted octanol–water partition coefficient (Wildman–Crippen LogP) is 2.00. The largest absolute Gasteiger partial charge is 0.491 e. The topological polar surface area (TPSA) is 89.6 Å². The zero-order valence-electron chi connectivity index (χ0n) is 21.6. The maximum Gasteiger partial charge on any atom is 0.325 e. The minimum Gasteiger partial charge on any atom is -0.491 e. The Kier molecular flexibility index (Phi) is 10.2. The molecule has 0 saturated carbocycles. The van der Waals surface area contributed by atoms with Crippen LogP contribution in [-0.4, -0.2) is 89.1 Å². The molecule has 9 nitrogen and oxygen atoms in total. The molecule has 1 N–H and O–H groups in total. The molecule has 2 aromatic carbocycles. The van der Waals surface area contributed by atoms with E-state index < -0.39 is 5.97 Å². The number of morpholine rings is 1. The summed E-state index contributed by atoms with van der Waals surface area (Å²) in [5.74, 6) is 0.214. The van der Waals surface area contributed by atoms with Crippen molar-refractivity contribution >= 4 is 17.6 Å². The van der Waals surface area contributed by atoms with Crippen molar-refractivity contribution in [3.63, 3.8) is 0 Å². The van der Waals surface area contributed by atoms with Crippen molar-refractivity contribution in [3.05, 3.63) is 59.2 Å². The minimum atomic E-state index is -0.440. The lowest BCUT2D eigenvalue weighted by Gasteiger charge is -2.29. The van der Waals surface area contributed by atoms with E-state index in [1.54, 1.807) is 6.92 Å². The van der Waals surface area contributed by atoms with Crippen LogP contribution < -0.4 is 15.0 Å². The molecule has 0 unspecified atom stereocenters. The highest BCUT2D eigenvalue weighted by Crippen LogP contribution is 2.28. The van der Waals surface area contributed by atoms with Crippen LogP contribution in [0.5, 0.6) is 5.75 Å². The summed E-state index contributed by atoms with van der Waals surface area (Å²) < 4.78 is 22.3. The molecule has 0 aromatic heterocycles. The SMILES string of the molecule is CCOC(=O)CNC(=O)CN1CCOCCOc2ccc(N3CCOCC3)cc2Cc2cccc(c2)C1. The monoisotopic (exact) mass is 511 g/mol. The summed E-state index contributed by atoms with van der Waals surface area (Å²) in [4.78, 5) is 28.4. The standard InChI is InChI=1S/C28H37N3O6/c1-2-36-28(33)19-29-27(32)21-30-8-11-35-14-15-37-26-7-6-25(31-9-12-34-13-10-31)18-24(26)17-22-4-3-5-23(16-22)20-30/h3-7,16,18H,2,8-15,17,19-21H2,1H3,(H,29,32). The molecule has 2 aliphatic rings. The number of fused-ring (bicyclic) bond motifs is 3. The Balaban J connectivity index is 1.48. The van der Waals surface area contributed by atoms with Crippen LogP contribution in [-0.2, 0) is 36.8 Å². The Labute approximate surface area is 218 Å². The van der Waals surface area contributed by atoms with Gasteiger partial charge in [-0.3, -0.25) is 14.5 Å². The van der Waals surface area contributed by atoms with E-state index in [2.05, 4.69) is 52.7 Å². The molecule has 37 heavy (non-hydrogen) atoms. The number of esters is 1. The fourth-order valence-electron chi connectivity index (χ4n) is 4.54. The van der Waals surface area contributed by atoms with E-state index in [1.165, 1.54) is 11.3 Å². The molecule has 0 atom stereocenters. The van der Waals surface area contributed by atoms with E-state index >= 15 is 0 Å². The number of nitrogens with zero attached hydrogens (tertiary/aromatic N) is 2. The minimum absolute atomic E-state index is 0.129. The number of rotatable bonds is 6. The maximum absolute atomic E-state index is 12.5. The van der Waals surface area contributed by atoms with Gasteiger partial charge in [-0.05, 0) is 36.2 Å². The molecule has 0 spiro atoms. The third-order valence-corrected chi connectivity index (χ3v) is 6.35. The number of ether oxygens (including phenoxy) is 4. The van der Waals surface area contributed by atoms with Crippen LogP contribution >= 0.6 is 0 Å². The lowest BCUT2D eigenvalue weighted by Crippen LogP contribution is -2.40. The molecule has 2 aromatic rings. The van der Waals surface area contributed by atoms with Crippen molar-refractivity contribution < 1.29 is 28.5 Å². The van der Waals surface area contributed by atoms with Crippen LogP contribution in [0.2, 0.25) is 0 Å². The van der Waals surface area contributed by atoms with Gasteiger partial charge in [0, 0.05) is 43.9 Å². The van der Waals surface area contributed by atoms with Crippen molar-refractivity contribution in [2.24, 2.45) is 0 Å². The summed E-state index contributed by atoms with van der Waals surface area (Å²) in [6.07, 6.45) is 0.738. The van der Waals surface area contributed by atoms with Crippen molar-refractivity contribution in [2.75, 3.05) is 77.3 Å². The van der Waals surface area contributed by atoms with Gasteiger partial charge in [-0.15, -0.1) is 0 Å². The second-order valence-electron chi connectivity index (χ2n) is 9.14. The third kappa shape index (κ3) is 8.45. The smallest absolute Gasteiger partial charge is 0.325 e. The Morgan fingerprint density at radius 3 is 2.57 bits per heavy atom. The molecule has 2 bridgehead atoms. The maximum atomic E-state index is 12.5. The average Bonchev–Trinajstić information content (AvgIpc) is 2.90. The summed E-state index contributed by atoms with van der Waals surface area (Å²) in [5, 5.41) is 2.64. The van der Waals surface area contributed by atoms with E-state index in [-0.39, 0.29) is 25.6 Å². The number of carbonyl (C=O) groups is 2. The van der Waals surface area contributed by atoms with Crippen LogP contribution in [0.25, 0.3) is 0 Å². The van der Waals surface area contributed by atoms with Crippen molar-refractivity contribution in [3.8, 4) is 5.75 Å². The first-order valence-electron chi connectivity index (χ1n) is 13.0. The van der Waals surface area contributed by atoms with Crippen LogP contribution in [0, 0.1) is 0 Å². The van der Waals surface area contributed by atoms with Gasteiger partial charge in [-0.25, -0.2) is 0 Å². The fraction of sp³-hybridized carbons (Fsp3) is 0.500. The lowest BCUT2D eigenvalue weighted by atomic mass is 10.0. The van der Waals surface area contributed by atoms with Gasteiger partial charge < -0.3 is 29.2 Å². The molecule has 0 aliphatic carbocycles. The average molecular weight is 512 g/mol. The highest BCUT2D eigenvalue weighted by Gasteiger charge is 2.16. The number of hydrogen-bond acceptors (Lipinski definition) is 8. The fourth-order valence-corrected chi connectivity index (χ4v) is 4.54. The molecule has 1 saturated heterocycles. The summed E-state index contributed by atoms with van der Waals surface area (Å²) in [5.41, 5.74) is 4.61. The molecule has 4 rings (SSSR count). The second-order valence-corrected chi connectivity index (χ2v) is 9.14. The Morgan fingerprint density at radius 1 is 0.946 bits per heavy atom. The molecular formula is C28H37N3O6. The first-order valence-corrected chi connectivity index (χ1v) is 13.0. The predicted molar refractivity (Wildman–Crippen MR) is 140 cm³/mol. The van der Waals surface area contributed by atoms with Crippen molar-refractivity contribution in [1.29, 1.82) is 0 Å². The number of carbonyl (C=O) groups excluding carboxylic acids is 2. The van der Waals surface area contributed by atoms with Crippen LogP contribution in [0.4, 0.5) is 5.69 Å². The summed E-state index contributed by atoms with van der Waals surface area (Å²) >= 11 is 0. The van der Waals surface area contributed by atoms with E-state index in [1.807, 2.05) is 4.90 Å². The second kappa shape index (κ2) is 14.0. The van der Waals surface area contributed by atoms with Gasteiger partial charge in [0.1, 0.15) is 18.9 Å². The van der Waals surface area contributed by atoms with Crippen LogP contribution in [0.3, 0.4) is 0 Å². The van der Waals surface area contributed by atoms with Crippen molar-refractivity contribution in [1.82, 2.24) is 10.2 Å². The van der Waals surface area contributed by atoms with Crippen LogP contribution in [0.1, 0.15) is 23.6 Å². The van der Waals surface area contributed by atoms with Gasteiger partial charge in [0.05, 0.1) is 39.6 Å². The normalized spacial score (nSPS) is 17.2. The molecule has 2 aliphatic heterocycles. The van der Waals surface area contributed by atoms with E-state index in [9.17, 15) is 9.59 Å². The van der Waals surface area contributed by atoms with E-state index in [0.717, 1.165) is 49.6 Å². The first kappa shape index (κ1) is 26.9. The number of amides is 1. The number of benzene rings is 2. The van der Waals surface area contributed by atoms with Crippen LogP contribution in [0.15, 0.2) is 42.5 Å². The zero-order chi connectivity index (χ0) is 25.9. The third-order valence-electron chi connectivity index (χ3n) is 6.35. The van der Waals surface area contributed by atoms with Gasteiger partial charge in [-0.2, -0.15) is 0 Å². The molecule has 0 radical (unpaired) electrons. The van der Waals surface area contributed by atoms with E-state index in [4.69, 9.17) is 18.9 Å². The van der Waals surface area contributed by atoms with Gasteiger partial charge in [0.2, 0.25) is 5.91 Å². The number of anilines is 1. The number of hydrogen-bond donors (Lipinski definition) is 1. The lowest BCUT2D eigenvalue weighted by molar-refractivity contribution is -0.143. The highest BCUT2D eigenvalue weighted by molar-refractivity contribution is 5.83. The Hall–Kier alpha value is -3.14.